The summed E-state index contributed by atoms with van der Waals surface area (Å²) in [6.07, 6.45) is 1.59. The normalized spacial score (nSPS) is 24.9. The molecule has 1 spiro atoms. The average Bonchev–Trinajstić information content (AvgIpc) is 3.29. The number of nitrogens with zero attached hydrogens (tertiary/aromatic N) is 3. The number of benzene rings is 1. The first-order chi connectivity index (χ1) is 12.6. The molecule has 2 amide bonds. The topological polar surface area (TPSA) is 82.9 Å². The fourth-order valence-corrected chi connectivity index (χ4v) is 3.95. The molecule has 0 aliphatic carbocycles. The molecule has 7 nitrogen and oxygen atoms in total. The van der Waals surface area contributed by atoms with E-state index in [1.54, 1.807) is 29.2 Å². The van der Waals surface area contributed by atoms with Crippen LogP contribution in [0.2, 0.25) is 0 Å². The van der Waals surface area contributed by atoms with E-state index in [0.29, 0.717) is 51.3 Å². The third-order valence-electron chi connectivity index (χ3n) is 5.43. The highest BCUT2D eigenvalue weighted by Crippen LogP contribution is 2.33. The fraction of sp³-hybridized carbons (Fsp3) is 0.526. The minimum absolute atomic E-state index is 0.0299. The molecule has 26 heavy (non-hydrogen) atoms. The molecular weight excluding hydrogens is 334 g/mol. The monoisotopic (exact) mass is 355 g/mol. The Bertz CT molecular complexity index is 739. The summed E-state index contributed by atoms with van der Waals surface area (Å²) in [7, 11) is 0. The Balaban J connectivity index is 1.38. The molecular formula is C19H21N3O4. The van der Waals surface area contributed by atoms with Gasteiger partial charge in [0.25, 0.3) is 0 Å². The number of amides is 2. The number of likely N-dealkylation sites (tertiary alicyclic amines) is 1. The highest BCUT2D eigenvalue weighted by molar-refractivity contribution is 6.00. The van der Waals surface area contributed by atoms with Gasteiger partial charge in [-0.3, -0.25) is 9.59 Å². The van der Waals surface area contributed by atoms with Crippen molar-refractivity contribution >= 4 is 17.5 Å². The van der Waals surface area contributed by atoms with Gasteiger partial charge in [-0.25, -0.2) is 0 Å². The standard InChI is InChI=1S/C19H21N3O4/c20-12-14-1-3-16(4-2-14)22-13-15(11-17(22)23)18(24)21-7-5-19(6-8-21)25-9-10-26-19/h1-4,15H,5-11,13H2. The zero-order chi connectivity index (χ0) is 18.1. The number of carbonyl (C=O) groups excluding carboxylic acids is 2. The summed E-state index contributed by atoms with van der Waals surface area (Å²) in [4.78, 5) is 28.7. The Labute approximate surface area is 152 Å². The largest absolute Gasteiger partial charge is 0.347 e. The molecule has 1 unspecified atom stereocenters. The maximum absolute atomic E-state index is 12.8. The third-order valence-corrected chi connectivity index (χ3v) is 5.43. The van der Waals surface area contributed by atoms with Gasteiger partial charge in [0.05, 0.1) is 30.8 Å². The van der Waals surface area contributed by atoms with E-state index in [-0.39, 0.29) is 24.2 Å². The summed E-state index contributed by atoms with van der Waals surface area (Å²) in [6, 6.07) is 8.94. The van der Waals surface area contributed by atoms with Crippen LogP contribution in [-0.4, -0.2) is 55.3 Å². The number of ether oxygens (including phenoxy) is 2. The van der Waals surface area contributed by atoms with Gasteiger partial charge >= 0.3 is 0 Å². The van der Waals surface area contributed by atoms with Crippen LogP contribution in [-0.2, 0) is 19.1 Å². The van der Waals surface area contributed by atoms with Crippen molar-refractivity contribution in [1.82, 2.24) is 4.90 Å². The summed E-state index contributed by atoms with van der Waals surface area (Å²) >= 11 is 0. The second-order valence-corrected chi connectivity index (χ2v) is 7.00. The number of rotatable bonds is 2. The average molecular weight is 355 g/mol. The lowest BCUT2D eigenvalue weighted by atomic mass is 10.0. The van der Waals surface area contributed by atoms with Crippen LogP contribution >= 0.6 is 0 Å². The first-order valence-corrected chi connectivity index (χ1v) is 8.97. The van der Waals surface area contributed by atoms with Crippen LogP contribution in [0, 0.1) is 17.2 Å². The van der Waals surface area contributed by atoms with E-state index in [0.717, 1.165) is 5.69 Å². The van der Waals surface area contributed by atoms with Crippen molar-refractivity contribution in [3.8, 4) is 6.07 Å². The molecule has 1 aromatic rings. The lowest BCUT2D eigenvalue weighted by Crippen LogP contribution is -2.49. The number of hydrogen-bond donors (Lipinski definition) is 0. The Morgan fingerprint density at radius 2 is 1.81 bits per heavy atom. The van der Waals surface area contributed by atoms with Crippen molar-refractivity contribution in [2.75, 3.05) is 37.7 Å². The summed E-state index contributed by atoms with van der Waals surface area (Å²) in [5, 5.41) is 8.88. The van der Waals surface area contributed by atoms with E-state index in [9.17, 15) is 9.59 Å². The number of anilines is 1. The molecule has 1 atom stereocenters. The second kappa shape index (κ2) is 6.71. The molecule has 0 aromatic heterocycles. The van der Waals surface area contributed by atoms with E-state index >= 15 is 0 Å². The van der Waals surface area contributed by atoms with Crippen LogP contribution in [0.25, 0.3) is 0 Å². The summed E-state index contributed by atoms with van der Waals surface area (Å²) in [5.74, 6) is -0.847. The molecule has 3 aliphatic heterocycles. The maximum atomic E-state index is 12.8. The smallest absolute Gasteiger partial charge is 0.228 e. The Hall–Kier alpha value is -2.43. The fourth-order valence-electron chi connectivity index (χ4n) is 3.95. The number of carbonyl (C=O) groups is 2. The van der Waals surface area contributed by atoms with Gasteiger partial charge in [0.2, 0.25) is 11.8 Å². The SMILES string of the molecule is N#Cc1ccc(N2CC(C(=O)N3CCC4(CC3)OCCO4)CC2=O)cc1. The van der Waals surface area contributed by atoms with E-state index < -0.39 is 5.79 Å². The first kappa shape index (κ1) is 17.0. The molecule has 7 heteroatoms. The molecule has 0 radical (unpaired) electrons. The van der Waals surface area contributed by atoms with E-state index in [2.05, 4.69) is 6.07 Å². The van der Waals surface area contributed by atoms with Crippen LogP contribution in [0.5, 0.6) is 0 Å². The van der Waals surface area contributed by atoms with Crippen LogP contribution in [0.3, 0.4) is 0 Å². The molecule has 0 saturated carbocycles. The summed E-state index contributed by atoms with van der Waals surface area (Å²) in [5.41, 5.74) is 1.28. The van der Waals surface area contributed by atoms with Gasteiger partial charge < -0.3 is 19.3 Å². The first-order valence-electron chi connectivity index (χ1n) is 8.97. The predicted molar refractivity (Wildman–Crippen MR) is 92.1 cm³/mol. The maximum Gasteiger partial charge on any atom is 0.228 e. The van der Waals surface area contributed by atoms with Crippen LogP contribution in [0.1, 0.15) is 24.8 Å². The van der Waals surface area contributed by atoms with Gasteiger partial charge in [0.15, 0.2) is 5.79 Å². The van der Waals surface area contributed by atoms with Crippen molar-refractivity contribution in [3.63, 3.8) is 0 Å². The summed E-state index contributed by atoms with van der Waals surface area (Å²) in [6.45, 7) is 2.81. The van der Waals surface area contributed by atoms with Crippen LogP contribution < -0.4 is 4.90 Å². The van der Waals surface area contributed by atoms with Crippen molar-refractivity contribution in [1.29, 1.82) is 5.26 Å². The minimum Gasteiger partial charge on any atom is -0.347 e. The van der Waals surface area contributed by atoms with E-state index in [4.69, 9.17) is 14.7 Å². The van der Waals surface area contributed by atoms with Crippen molar-refractivity contribution in [2.45, 2.75) is 25.0 Å². The molecule has 0 N–H and O–H groups in total. The highest BCUT2D eigenvalue weighted by Gasteiger charge is 2.43. The van der Waals surface area contributed by atoms with Crippen molar-refractivity contribution in [2.24, 2.45) is 5.92 Å². The zero-order valence-corrected chi connectivity index (χ0v) is 14.5. The van der Waals surface area contributed by atoms with Gasteiger partial charge in [-0.1, -0.05) is 0 Å². The highest BCUT2D eigenvalue weighted by atomic mass is 16.7. The van der Waals surface area contributed by atoms with Gasteiger partial charge in [-0.2, -0.15) is 5.26 Å². The molecule has 4 rings (SSSR count). The minimum atomic E-state index is -0.503. The third kappa shape index (κ3) is 3.06. The molecule has 1 aromatic carbocycles. The van der Waals surface area contributed by atoms with Gasteiger partial charge in [-0.05, 0) is 24.3 Å². The quantitative estimate of drug-likeness (QED) is 0.798. The van der Waals surface area contributed by atoms with E-state index in [1.807, 2.05) is 4.90 Å². The molecule has 3 saturated heterocycles. The number of nitriles is 1. The lowest BCUT2D eigenvalue weighted by Gasteiger charge is -2.38. The molecule has 0 bridgehead atoms. The molecule has 136 valence electrons. The molecule has 3 aliphatic rings. The Morgan fingerprint density at radius 1 is 1.15 bits per heavy atom. The Kier molecular flexibility index (Phi) is 4.39. The lowest BCUT2D eigenvalue weighted by molar-refractivity contribution is -0.188. The van der Waals surface area contributed by atoms with Gasteiger partial charge in [0.1, 0.15) is 0 Å². The van der Waals surface area contributed by atoms with Crippen LogP contribution in [0.4, 0.5) is 5.69 Å². The van der Waals surface area contributed by atoms with Gasteiger partial charge in [0, 0.05) is 44.6 Å². The van der Waals surface area contributed by atoms with Crippen molar-refractivity contribution < 1.29 is 19.1 Å². The molecule has 3 heterocycles. The molecule has 3 fully saturated rings. The second-order valence-electron chi connectivity index (χ2n) is 7.00. The Morgan fingerprint density at radius 3 is 2.42 bits per heavy atom. The van der Waals surface area contributed by atoms with Gasteiger partial charge in [-0.15, -0.1) is 0 Å². The van der Waals surface area contributed by atoms with Crippen molar-refractivity contribution in [3.05, 3.63) is 29.8 Å². The predicted octanol–water partition coefficient (Wildman–Crippen LogP) is 1.28. The summed E-state index contributed by atoms with van der Waals surface area (Å²) < 4.78 is 11.4. The number of hydrogen-bond acceptors (Lipinski definition) is 5. The zero-order valence-electron chi connectivity index (χ0n) is 14.5. The number of piperidine rings is 1. The van der Waals surface area contributed by atoms with E-state index in [1.165, 1.54) is 0 Å². The van der Waals surface area contributed by atoms with Crippen LogP contribution in [0.15, 0.2) is 24.3 Å².